The lowest BCUT2D eigenvalue weighted by molar-refractivity contribution is 0.0954. The maximum atomic E-state index is 13.9. The molecule has 1 fully saturated rings. The molecule has 25 heavy (non-hydrogen) atoms. The van der Waals surface area contributed by atoms with Gasteiger partial charge in [-0.2, -0.15) is 0 Å². The van der Waals surface area contributed by atoms with Crippen molar-refractivity contribution in [2.75, 3.05) is 6.54 Å². The van der Waals surface area contributed by atoms with Crippen molar-refractivity contribution in [2.45, 2.75) is 30.2 Å². The third-order valence-electron chi connectivity index (χ3n) is 3.92. The van der Waals surface area contributed by atoms with E-state index >= 15 is 0 Å². The van der Waals surface area contributed by atoms with Crippen molar-refractivity contribution in [1.82, 2.24) is 10.0 Å². The standard InChI is InChI=1S/C18H19FN2O3S/c19-16-9-6-14(12-17(16)25(23,24)21-15-7-8-15)18(22)20-11-10-13-4-2-1-3-5-13/h1-6,9,12,15,21H,7-8,10-11H2,(H,20,22). The topological polar surface area (TPSA) is 75.3 Å². The Labute approximate surface area is 146 Å². The minimum absolute atomic E-state index is 0.116. The third-order valence-corrected chi connectivity index (χ3v) is 5.46. The Morgan fingerprint density at radius 2 is 1.84 bits per heavy atom. The highest BCUT2D eigenvalue weighted by molar-refractivity contribution is 7.89. The van der Waals surface area contributed by atoms with E-state index in [0.717, 1.165) is 30.5 Å². The second-order valence-electron chi connectivity index (χ2n) is 6.03. The van der Waals surface area contributed by atoms with Crippen LogP contribution >= 0.6 is 0 Å². The largest absolute Gasteiger partial charge is 0.352 e. The Kier molecular flexibility index (Phi) is 5.15. The SMILES string of the molecule is O=C(NCCc1ccccc1)c1ccc(F)c(S(=O)(=O)NC2CC2)c1. The summed E-state index contributed by atoms with van der Waals surface area (Å²) < 4.78 is 40.7. The van der Waals surface area contributed by atoms with Crippen molar-refractivity contribution in [2.24, 2.45) is 0 Å². The second kappa shape index (κ2) is 7.33. The summed E-state index contributed by atoms with van der Waals surface area (Å²) in [6, 6.07) is 12.9. The average Bonchev–Trinajstić information content (AvgIpc) is 3.39. The molecule has 0 bridgehead atoms. The first-order valence-electron chi connectivity index (χ1n) is 8.10. The van der Waals surface area contributed by atoms with Crippen LogP contribution in [-0.2, 0) is 16.4 Å². The average molecular weight is 362 g/mol. The van der Waals surface area contributed by atoms with Crippen LogP contribution in [-0.4, -0.2) is 26.9 Å². The van der Waals surface area contributed by atoms with Crippen molar-refractivity contribution in [3.05, 3.63) is 65.5 Å². The van der Waals surface area contributed by atoms with Crippen LogP contribution in [0.4, 0.5) is 4.39 Å². The Morgan fingerprint density at radius 1 is 1.12 bits per heavy atom. The van der Waals surface area contributed by atoms with E-state index in [1.807, 2.05) is 30.3 Å². The van der Waals surface area contributed by atoms with Crippen LogP contribution in [0.1, 0.15) is 28.8 Å². The fraction of sp³-hybridized carbons (Fsp3) is 0.278. The van der Waals surface area contributed by atoms with Gasteiger partial charge < -0.3 is 5.32 Å². The number of hydrogen-bond acceptors (Lipinski definition) is 3. The highest BCUT2D eigenvalue weighted by Crippen LogP contribution is 2.24. The van der Waals surface area contributed by atoms with Crippen molar-refractivity contribution in [3.63, 3.8) is 0 Å². The van der Waals surface area contributed by atoms with Gasteiger partial charge in [-0.1, -0.05) is 30.3 Å². The van der Waals surface area contributed by atoms with Gasteiger partial charge in [-0.3, -0.25) is 4.79 Å². The first-order chi connectivity index (χ1) is 12.0. The van der Waals surface area contributed by atoms with Gasteiger partial charge in [0.25, 0.3) is 5.91 Å². The molecule has 0 aliphatic heterocycles. The molecular weight excluding hydrogens is 343 g/mol. The summed E-state index contributed by atoms with van der Waals surface area (Å²) in [7, 11) is -3.95. The molecule has 1 aliphatic rings. The summed E-state index contributed by atoms with van der Waals surface area (Å²) in [5.41, 5.74) is 1.20. The predicted molar refractivity (Wildman–Crippen MR) is 92.2 cm³/mol. The van der Waals surface area contributed by atoms with E-state index in [0.29, 0.717) is 13.0 Å². The Bertz CT molecular complexity index is 865. The van der Waals surface area contributed by atoms with Crippen molar-refractivity contribution in [1.29, 1.82) is 0 Å². The normalized spacial score (nSPS) is 14.3. The van der Waals surface area contributed by atoms with Crippen LogP contribution < -0.4 is 10.0 Å². The molecule has 2 aromatic carbocycles. The highest BCUT2D eigenvalue weighted by Gasteiger charge is 2.30. The van der Waals surface area contributed by atoms with E-state index in [1.165, 1.54) is 6.07 Å². The van der Waals surface area contributed by atoms with Crippen LogP contribution in [0.15, 0.2) is 53.4 Å². The summed E-state index contributed by atoms with van der Waals surface area (Å²) in [4.78, 5) is 11.7. The quantitative estimate of drug-likeness (QED) is 0.793. The fourth-order valence-electron chi connectivity index (χ4n) is 2.40. The van der Waals surface area contributed by atoms with Gasteiger partial charge in [0, 0.05) is 18.2 Å². The predicted octanol–water partition coefficient (Wildman–Crippen LogP) is 2.24. The van der Waals surface area contributed by atoms with Gasteiger partial charge in [0.15, 0.2) is 0 Å². The van der Waals surface area contributed by atoms with E-state index in [4.69, 9.17) is 0 Å². The molecule has 132 valence electrons. The monoisotopic (exact) mass is 362 g/mol. The first kappa shape index (κ1) is 17.6. The third kappa shape index (κ3) is 4.64. The van der Waals surface area contributed by atoms with Crippen LogP contribution in [0.3, 0.4) is 0 Å². The zero-order valence-corrected chi connectivity index (χ0v) is 14.4. The van der Waals surface area contributed by atoms with Crippen LogP contribution in [0, 0.1) is 5.82 Å². The molecule has 0 radical (unpaired) electrons. The molecule has 1 aliphatic carbocycles. The molecule has 5 nitrogen and oxygen atoms in total. The van der Waals surface area contributed by atoms with Crippen molar-refractivity contribution >= 4 is 15.9 Å². The van der Waals surface area contributed by atoms with E-state index in [9.17, 15) is 17.6 Å². The van der Waals surface area contributed by atoms with E-state index < -0.39 is 26.6 Å². The number of sulfonamides is 1. The van der Waals surface area contributed by atoms with Gasteiger partial charge in [-0.25, -0.2) is 17.5 Å². The van der Waals surface area contributed by atoms with Crippen LogP contribution in [0.5, 0.6) is 0 Å². The molecule has 0 atom stereocenters. The van der Waals surface area contributed by atoms with Crippen molar-refractivity contribution in [3.8, 4) is 0 Å². The molecule has 3 rings (SSSR count). The number of rotatable bonds is 7. The Hall–Kier alpha value is -2.25. The van der Waals surface area contributed by atoms with Gasteiger partial charge in [0.05, 0.1) is 0 Å². The maximum Gasteiger partial charge on any atom is 0.251 e. The summed E-state index contributed by atoms with van der Waals surface area (Å²) in [5, 5.41) is 2.72. The zero-order valence-electron chi connectivity index (χ0n) is 13.5. The van der Waals surface area contributed by atoms with Gasteiger partial charge in [0.2, 0.25) is 10.0 Å². The number of nitrogens with one attached hydrogen (secondary N) is 2. The molecular formula is C18H19FN2O3S. The van der Waals surface area contributed by atoms with E-state index in [-0.39, 0.29) is 11.6 Å². The fourth-order valence-corrected chi connectivity index (χ4v) is 3.81. The molecule has 1 amide bonds. The minimum atomic E-state index is -3.95. The Balaban J connectivity index is 1.67. The summed E-state index contributed by atoms with van der Waals surface area (Å²) in [6.07, 6.45) is 2.16. The molecule has 1 saturated carbocycles. The molecule has 0 heterocycles. The maximum absolute atomic E-state index is 13.9. The zero-order chi connectivity index (χ0) is 17.9. The first-order valence-corrected chi connectivity index (χ1v) is 9.58. The number of halogens is 1. The van der Waals surface area contributed by atoms with Gasteiger partial charge in [-0.05, 0) is 43.0 Å². The van der Waals surface area contributed by atoms with Gasteiger partial charge >= 0.3 is 0 Å². The number of carbonyl (C=O) groups excluding carboxylic acids is 1. The molecule has 2 aromatic rings. The molecule has 0 spiro atoms. The van der Waals surface area contributed by atoms with E-state index in [1.54, 1.807) is 0 Å². The van der Waals surface area contributed by atoms with Crippen LogP contribution in [0.25, 0.3) is 0 Å². The smallest absolute Gasteiger partial charge is 0.251 e. The molecule has 7 heteroatoms. The van der Waals surface area contributed by atoms with Gasteiger partial charge in [-0.15, -0.1) is 0 Å². The number of benzene rings is 2. The summed E-state index contributed by atoms with van der Waals surface area (Å²) in [6.45, 7) is 0.405. The van der Waals surface area contributed by atoms with Crippen molar-refractivity contribution < 1.29 is 17.6 Å². The highest BCUT2D eigenvalue weighted by atomic mass is 32.2. The number of amides is 1. The van der Waals surface area contributed by atoms with Crippen LogP contribution in [0.2, 0.25) is 0 Å². The lowest BCUT2D eigenvalue weighted by Crippen LogP contribution is -2.28. The summed E-state index contributed by atoms with van der Waals surface area (Å²) >= 11 is 0. The number of carbonyl (C=O) groups is 1. The minimum Gasteiger partial charge on any atom is -0.352 e. The second-order valence-corrected chi connectivity index (χ2v) is 7.71. The Morgan fingerprint density at radius 3 is 2.52 bits per heavy atom. The molecule has 2 N–H and O–H groups in total. The molecule has 0 aromatic heterocycles. The lowest BCUT2D eigenvalue weighted by atomic mass is 10.1. The molecule has 0 saturated heterocycles. The van der Waals surface area contributed by atoms with Gasteiger partial charge in [0.1, 0.15) is 10.7 Å². The lowest BCUT2D eigenvalue weighted by Gasteiger charge is -2.09. The summed E-state index contributed by atoms with van der Waals surface area (Å²) in [5.74, 6) is -1.30. The van der Waals surface area contributed by atoms with E-state index in [2.05, 4.69) is 10.0 Å². The number of hydrogen-bond donors (Lipinski definition) is 2. The molecule has 0 unspecified atom stereocenters.